The smallest absolute Gasteiger partial charge is 0.127 e. The van der Waals surface area contributed by atoms with Gasteiger partial charge in [0.15, 0.2) is 0 Å². The molecule has 88 valence electrons. The molecule has 1 aromatic rings. The van der Waals surface area contributed by atoms with E-state index >= 15 is 0 Å². The van der Waals surface area contributed by atoms with Crippen LogP contribution >= 0.6 is 0 Å². The van der Waals surface area contributed by atoms with Gasteiger partial charge in [-0.25, -0.2) is 4.39 Å². The van der Waals surface area contributed by atoms with Crippen molar-refractivity contribution in [2.24, 2.45) is 5.92 Å². The zero-order valence-corrected chi connectivity index (χ0v) is 10.0. The molecule has 2 atom stereocenters. The van der Waals surface area contributed by atoms with Crippen LogP contribution in [0.25, 0.3) is 0 Å². The molecular formula is C14H20FN. The van der Waals surface area contributed by atoms with Gasteiger partial charge in [0.2, 0.25) is 0 Å². The fourth-order valence-corrected chi connectivity index (χ4v) is 2.32. The number of halogens is 1. The summed E-state index contributed by atoms with van der Waals surface area (Å²) in [7, 11) is 0. The van der Waals surface area contributed by atoms with E-state index in [0.29, 0.717) is 6.04 Å². The minimum absolute atomic E-state index is 0.103. The summed E-state index contributed by atoms with van der Waals surface area (Å²) in [6.45, 7) is 4.24. The first-order chi connectivity index (χ1) is 7.72. The first kappa shape index (κ1) is 11.6. The third kappa shape index (κ3) is 2.62. The number of rotatable bonds is 5. The van der Waals surface area contributed by atoms with Crippen LogP contribution in [0, 0.1) is 11.7 Å². The Morgan fingerprint density at radius 3 is 2.62 bits per heavy atom. The van der Waals surface area contributed by atoms with Crippen molar-refractivity contribution in [2.45, 2.75) is 45.2 Å². The maximum atomic E-state index is 13.6. The summed E-state index contributed by atoms with van der Waals surface area (Å²) in [6.07, 6.45) is 3.79. The highest BCUT2D eigenvalue weighted by Crippen LogP contribution is 2.35. The molecule has 0 aliphatic heterocycles. The molecular weight excluding hydrogens is 201 g/mol. The molecule has 0 heterocycles. The molecule has 1 aromatic carbocycles. The van der Waals surface area contributed by atoms with E-state index in [2.05, 4.69) is 12.2 Å². The molecule has 0 spiro atoms. The SMILES string of the molecule is CCC(N[C@H](C)c1ccccc1F)C1CC1. The molecule has 1 saturated carbocycles. The van der Waals surface area contributed by atoms with Crippen LogP contribution in [-0.4, -0.2) is 6.04 Å². The van der Waals surface area contributed by atoms with Gasteiger partial charge < -0.3 is 5.32 Å². The standard InChI is InChI=1S/C14H20FN/c1-3-14(11-8-9-11)16-10(2)12-6-4-5-7-13(12)15/h4-7,10-11,14,16H,3,8-9H2,1-2H3/t10-,14?/m1/s1. The Bertz CT molecular complexity index is 346. The van der Waals surface area contributed by atoms with E-state index < -0.39 is 0 Å². The van der Waals surface area contributed by atoms with Gasteiger partial charge in [0.1, 0.15) is 5.82 Å². The first-order valence-corrected chi connectivity index (χ1v) is 6.22. The fraction of sp³-hybridized carbons (Fsp3) is 0.571. The quantitative estimate of drug-likeness (QED) is 0.800. The zero-order chi connectivity index (χ0) is 11.5. The molecule has 1 aliphatic rings. The van der Waals surface area contributed by atoms with Crippen molar-refractivity contribution in [3.05, 3.63) is 35.6 Å². The molecule has 0 radical (unpaired) electrons. The van der Waals surface area contributed by atoms with Crippen molar-refractivity contribution < 1.29 is 4.39 Å². The molecule has 1 aliphatic carbocycles. The molecule has 0 saturated heterocycles. The second-order valence-corrected chi connectivity index (χ2v) is 4.76. The average molecular weight is 221 g/mol. The highest BCUT2D eigenvalue weighted by molar-refractivity contribution is 5.20. The largest absolute Gasteiger partial charge is 0.307 e. The van der Waals surface area contributed by atoms with Crippen molar-refractivity contribution in [3.8, 4) is 0 Å². The van der Waals surface area contributed by atoms with Gasteiger partial charge in [-0.3, -0.25) is 0 Å². The van der Waals surface area contributed by atoms with E-state index in [1.807, 2.05) is 19.1 Å². The molecule has 2 heteroatoms. The molecule has 1 nitrogen and oxygen atoms in total. The van der Waals surface area contributed by atoms with Crippen LogP contribution in [0.4, 0.5) is 4.39 Å². The molecule has 0 aromatic heterocycles. The Morgan fingerprint density at radius 1 is 1.38 bits per heavy atom. The Kier molecular flexibility index (Phi) is 3.59. The van der Waals surface area contributed by atoms with Crippen molar-refractivity contribution >= 4 is 0 Å². The molecule has 1 fully saturated rings. The summed E-state index contributed by atoms with van der Waals surface area (Å²) in [5.74, 6) is 0.715. The van der Waals surface area contributed by atoms with Crippen LogP contribution < -0.4 is 5.32 Å². The Labute approximate surface area is 97.1 Å². The average Bonchev–Trinajstić information content (AvgIpc) is 3.10. The Morgan fingerprint density at radius 2 is 2.06 bits per heavy atom. The second kappa shape index (κ2) is 4.96. The Balaban J connectivity index is 2.01. The maximum absolute atomic E-state index is 13.6. The van der Waals surface area contributed by atoms with Crippen molar-refractivity contribution in [2.75, 3.05) is 0 Å². The van der Waals surface area contributed by atoms with Gasteiger partial charge in [-0.2, -0.15) is 0 Å². The summed E-state index contributed by atoms with van der Waals surface area (Å²) >= 11 is 0. The van der Waals surface area contributed by atoms with E-state index in [0.717, 1.165) is 17.9 Å². The summed E-state index contributed by atoms with van der Waals surface area (Å²) in [5.41, 5.74) is 0.779. The second-order valence-electron chi connectivity index (χ2n) is 4.76. The van der Waals surface area contributed by atoms with Gasteiger partial charge in [-0.15, -0.1) is 0 Å². The summed E-state index contributed by atoms with van der Waals surface area (Å²) in [4.78, 5) is 0. The van der Waals surface area contributed by atoms with Crippen LogP contribution in [0.3, 0.4) is 0 Å². The Hall–Kier alpha value is -0.890. The normalized spacial score (nSPS) is 19.4. The van der Waals surface area contributed by atoms with Crippen LogP contribution in [0.1, 0.15) is 44.7 Å². The lowest BCUT2D eigenvalue weighted by Gasteiger charge is -2.22. The molecule has 1 N–H and O–H groups in total. The summed E-state index contributed by atoms with van der Waals surface area (Å²) in [6, 6.07) is 7.69. The van der Waals surface area contributed by atoms with Gasteiger partial charge in [-0.1, -0.05) is 25.1 Å². The molecule has 1 unspecified atom stereocenters. The highest BCUT2D eigenvalue weighted by Gasteiger charge is 2.30. The van der Waals surface area contributed by atoms with Crippen molar-refractivity contribution in [3.63, 3.8) is 0 Å². The molecule has 0 bridgehead atoms. The van der Waals surface area contributed by atoms with Gasteiger partial charge >= 0.3 is 0 Å². The van der Waals surface area contributed by atoms with E-state index in [1.54, 1.807) is 6.07 Å². The number of benzene rings is 1. The van der Waals surface area contributed by atoms with Gasteiger partial charge in [0, 0.05) is 17.6 Å². The third-order valence-corrected chi connectivity index (χ3v) is 3.47. The predicted octanol–water partition coefficient (Wildman–Crippen LogP) is 3.66. The summed E-state index contributed by atoms with van der Waals surface area (Å²) in [5, 5.41) is 3.55. The van der Waals surface area contributed by atoms with Crippen LogP contribution in [0.2, 0.25) is 0 Å². The third-order valence-electron chi connectivity index (χ3n) is 3.47. The molecule has 0 amide bonds. The van der Waals surface area contributed by atoms with E-state index in [4.69, 9.17) is 0 Å². The molecule has 2 rings (SSSR count). The lowest BCUT2D eigenvalue weighted by molar-refractivity contribution is 0.397. The minimum atomic E-state index is -0.104. The van der Waals surface area contributed by atoms with Gasteiger partial charge in [0.25, 0.3) is 0 Å². The van der Waals surface area contributed by atoms with Crippen molar-refractivity contribution in [1.29, 1.82) is 0 Å². The molecule has 16 heavy (non-hydrogen) atoms. The van der Waals surface area contributed by atoms with Crippen LogP contribution in [0.15, 0.2) is 24.3 Å². The van der Waals surface area contributed by atoms with Crippen LogP contribution in [-0.2, 0) is 0 Å². The fourth-order valence-electron chi connectivity index (χ4n) is 2.32. The topological polar surface area (TPSA) is 12.0 Å². The van der Waals surface area contributed by atoms with E-state index in [-0.39, 0.29) is 11.9 Å². The van der Waals surface area contributed by atoms with E-state index in [9.17, 15) is 4.39 Å². The summed E-state index contributed by atoms with van der Waals surface area (Å²) < 4.78 is 13.6. The minimum Gasteiger partial charge on any atom is -0.307 e. The van der Waals surface area contributed by atoms with Crippen molar-refractivity contribution in [1.82, 2.24) is 5.32 Å². The lowest BCUT2D eigenvalue weighted by atomic mass is 10.0. The van der Waals surface area contributed by atoms with Gasteiger partial charge in [0.05, 0.1) is 0 Å². The zero-order valence-electron chi connectivity index (χ0n) is 10.0. The lowest BCUT2D eigenvalue weighted by Crippen LogP contribution is -2.33. The first-order valence-electron chi connectivity index (χ1n) is 6.22. The number of hydrogen-bond acceptors (Lipinski definition) is 1. The highest BCUT2D eigenvalue weighted by atomic mass is 19.1. The van der Waals surface area contributed by atoms with E-state index in [1.165, 1.54) is 18.9 Å². The number of nitrogens with one attached hydrogen (secondary N) is 1. The predicted molar refractivity (Wildman–Crippen MR) is 64.8 cm³/mol. The monoisotopic (exact) mass is 221 g/mol. The van der Waals surface area contributed by atoms with Gasteiger partial charge in [-0.05, 0) is 38.2 Å². The maximum Gasteiger partial charge on any atom is 0.127 e. The number of hydrogen-bond donors (Lipinski definition) is 1. The van der Waals surface area contributed by atoms with Crippen LogP contribution in [0.5, 0.6) is 0 Å².